The lowest BCUT2D eigenvalue weighted by Gasteiger charge is -2.27. The summed E-state index contributed by atoms with van der Waals surface area (Å²) in [4.78, 5) is 49.2. The second kappa shape index (κ2) is 11.8. The van der Waals surface area contributed by atoms with E-state index < -0.39 is 72.7 Å². The minimum atomic E-state index is -3.99. The summed E-state index contributed by atoms with van der Waals surface area (Å²) in [6.45, 7) is 1.34. The highest BCUT2D eigenvalue weighted by Gasteiger charge is 2.54. The predicted molar refractivity (Wildman–Crippen MR) is 124 cm³/mol. The lowest BCUT2D eigenvalue weighted by molar-refractivity contribution is -0.149. The smallest absolute Gasteiger partial charge is 0.330 e. The third kappa shape index (κ3) is 7.49. The highest BCUT2D eigenvalue weighted by atomic mass is 32.7. The van der Waals surface area contributed by atoms with Gasteiger partial charge in [-0.3, -0.25) is 28.5 Å². The summed E-state index contributed by atoms with van der Waals surface area (Å²) in [7, 11) is 1.15. The van der Waals surface area contributed by atoms with Gasteiger partial charge in [0.15, 0.2) is 6.23 Å². The molecule has 6 unspecified atom stereocenters. The lowest BCUT2D eigenvalue weighted by Crippen LogP contribution is -2.47. The quantitative estimate of drug-likeness (QED) is 0.208. The zero-order valence-corrected chi connectivity index (χ0v) is 21.5. The maximum absolute atomic E-state index is 13.4. The first kappa shape index (κ1) is 29.2. The van der Waals surface area contributed by atoms with Gasteiger partial charge in [0.05, 0.1) is 19.8 Å². The Morgan fingerprint density at radius 3 is 2.60 bits per heavy atom. The summed E-state index contributed by atoms with van der Waals surface area (Å²) >= 11 is 0.552. The molecule has 4 N–H and O–H groups in total. The number of aliphatic hydroxyl groups is 2. The fourth-order valence-electron chi connectivity index (χ4n) is 3.09. The molecule has 1 aliphatic heterocycles. The Kier molecular flexibility index (Phi) is 9.87. The topological polar surface area (TPSA) is 195 Å². The second-order valence-corrected chi connectivity index (χ2v) is 12.5. The van der Waals surface area contributed by atoms with Crippen LogP contribution in [0.2, 0.25) is 0 Å². The first-order valence-corrected chi connectivity index (χ1v) is 13.7. The molecule has 0 aromatic carbocycles. The van der Waals surface area contributed by atoms with Crippen molar-refractivity contribution >= 4 is 30.0 Å². The fourth-order valence-corrected chi connectivity index (χ4v) is 6.56. The van der Waals surface area contributed by atoms with Crippen molar-refractivity contribution in [2.45, 2.75) is 63.9 Å². The standard InChI is InChI=1S/C19H30N3O11PS/c1-10(2)32-16(26)11(3)21-34(29,35-9-14(24)30-5)31-8-12-15(25)19(4,28)17(33-12)22-7-6-13(23)20-18(22)27/h6-7,10-12,15,17,25,28H,8-9H2,1-5H3,(H,21,29)(H,20,23,27). The number of aromatic nitrogens is 2. The molecule has 1 aliphatic rings. The van der Waals surface area contributed by atoms with E-state index in [1.807, 2.05) is 4.98 Å². The normalized spacial score (nSPS) is 26.8. The SMILES string of the molecule is COC(=O)CSP(=O)(NC(C)C(=O)OC(C)C)OCC1OC(n2ccc(=O)[nH]c2=O)C(C)(O)C1O. The molecule has 1 saturated heterocycles. The average Bonchev–Trinajstić information content (AvgIpc) is 2.99. The first-order chi connectivity index (χ1) is 16.2. The molecule has 16 heteroatoms. The minimum absolute atomic E-state index is 0.381. The molecular formula is C19H30N3O11PS. The molecule has 0 aliphatic carbocycles. The van der Waals surface area contributed by atoms with E-state index in [9.17, 15) is 34.0 Å². The first-order valence-electron chi connectivity index (χ1n) is 10.5. The summed E-state index contributed by atoms with van der Waals surface area (Å²) in [6.07, 6.45) is -3.62. The van der Waals surface area contributed by atoms with Gasteiger partial charge in [0, 0.05) is 12.3 Å². The lowest BCUT2D eigenvalue weighted by atomic mass is 9.96. The van der Waals surface area contributed by atoms with Gasteiger partial charge in [0.25, 0.3) is 5.56 Å². The molecule has 0 spiro atoms. The summed E-state index contributed by atoms with van der Waals surface area (Å²) < 4.78 is 35.0. The zero-order chi connectivity index (χ0) is 26.6. The number of rotatable bonds is 11. The molecule has 35 heavy (non-hydrogen) atoms. The van der Waals surface area contributed by atoms with E-state index in [4.69, 9.17) is 14.0 Å². The van der Waals surface area contributed by atoms with E-state index in [0.29, 0.717) is 11.4 Å². The van der Waals surface area contributed by atoms with E-state index in [0.717, 1.165) is 23.9 Å². The van der Waals surface area contributed by atoms with Crippen molar-refractivity contribution in [1.29, 1.82) is 0 Å². The van der Waals surface area contributed by atoms with Crippen molar-refractivity contribution in [2.75, 3.05) is 19.5 Å². The zero-order valence-electron chi connectivity index (χ0n) is 19.8. The number of H-pyrrole nitrogens is 1. The van der Waals surface area contributed by atoms with Crippen molar-refractivity contribution in [3.05, 3.63) is 33.1 Å². The van der Waals surface area contributed by atoms with Gasteiger partial charge < -0.3 is 28.9 Å². The Labute approximate surface area is 204 Å². The number of carbonyl (C=O) groups excluding carboxylic acids is 2. The van der Waals surface area contributed by atoms with Gasteiger partial charge in [-0.05, 0) is 39.1 Å². The maximum atomic E-state index is 13.4. The van der Waals surface area contributed by atoms with Gasteiger partial charge in [-0.2, -0.15) is 0 Å². The van der Waals surface area contributed by atoms with Gasteiger partial charge in [-0.25, -0.2) is 9.88 Å². The van der Waals surface area contributed by atoms with Gasteiger partial charge in [-0.15, -0.1) is 0 Å². The molecule has 0 saturated carbocycles. The number of methoxy groups -OCH3 is 1. The summed E-state index contributed by atoms with van der Waals surface area (Å²) in [6, 6.07) is -0.0469. The van der Waals surface area contributed by atoms with E-state index in [1.54, 1.807) is 13.8 Å². The van der Waals surface area contributed by atoms with Crippen LogP contribution in [0.15, 0.2) is 21.9 Å². The number of hydrogen-bond donors (Lipinski definition) is 4. The molecule has 14 nitrogen and oxygen atoms in total. The van der Waals surface area contributed by atoms with Crippen LogP contribution >= 0.6 is 18.1 Å². The molecule has 0 bridgehead atoms. The Bertz CT molecular complexity index is 1070. The van der Waals surface area contributed by atoms with Crippen molar-refractivity contribution in [2.24, 2.45) is 0 Å². The Hall–Kier alpha value is -2.00. The van der Waals surface area contributed by atoms with E-state index in [-0.39, 0.29) is 5.75 Å². The Balaban J connectivity index is 2.19. The maximum Gasteiger partial charge on any atom is 0.330 e. The van der Waals surface area contributed by atoms with E-state index >= 15 is 0 Å². The van der Waals surface area contributed by atoms with Crippen LogP contribution in [-0.4, -0.2) is 81.1 Å². The molecule has 0 amide bonds. The van der Waals surface area contributed by atoms with Crippen molar-refractivity contribution in [1.82, 2.24) is 14.6 Å². The number of nitrogens with one attached hydrogen (secondary N) is 2. The Morgan fingerprint density at radius 1 is 1.37 bits per heavy atom. The van der Waals surface area contributed by atoms with Crippen LogP contribution in [0.3, 0.4) is 0 Å². The third-order valence-corrected chi connectivity index (χ3v) is 8.84. The summed E-state index contributed by atoms with van der Waals surface area (Å²) in [5, 5.41) is 23.9. The number of nitrogens with zero attached hydrogens (tertiary/aromatic N) is 1. The number of aliphatic hydroxyl groups excluding tert-OH is 1. The van der Waals surface area contributed by atoms with Crippen molar-refractivity contribution in [3.8, 4) is 0 Å². The molecule has 198 valence electrons. The molecule has 0 radical (unpaired) electrons. The van der Waals surface area contributed by atoms with Crippen molar-refractivity contribution in [3.63, 3.8) is 0 Å². The third-order valence-electron chi connectivity index (χ3n) is 4.90. The highest BCUT2D eigenvalue weighted by molar-refractivity contribution is 8.56. The molecule has 1 aromatic heterocycles. The molecular weight excluding hydrogens is 509 g/mol. The molecule has 1 aromatic rings. The number of ether oxygens (including phenoxy) is 3. The van der Waals surface area contributed by atoms with Gasteiger partial charge in [-0.1, -0.05) is 0 Å². The number of esters is 2. The fraction of sp³-hybridized carbons (Fsp3) is 0.684. The minimum Gasteiger partial charge on any atom is -0.468 e. The van der Waals surface area contributed by atoms with Crippen LogP contribution < -0.4 is 16.3 Å². The van der Waals surface area contributed by atoms with Crippen LogP contribution in [-0.2, 0) is 32.9 Å². The molecule has 6 atom stereocenters. The van der Waals surface area contributed by atoms with Gasteiger partial charge in [0.2, 0.25) is 0 Å². The molecule has 1 fully saturated rings. The van der Waals surface area contributed by atoms with Gasteiger partial charge >= 0.3 is 24.3 Å². The monoisotopic (exact) mass is 539 g/mol. The number of carbonyl (C=O) groups is 2. The highest BCUT2D eigenvalue weighted by Crippen LogP contribution is 2.57. The van der Waals surface area contributed by atoms with E-state index in [2.05, 4.69) is 9.82 Å². The number of aromatic amines is 1. The molecule has 2 heterocycles. The van der Waals surface area contributed by atoms with Crippen LogP contribution in [0.5, 0.6) is 0 Å². The van der Waals surface area contributed by atoms with Crippen molar-refractivity contribution < 1.29 is 43.1 Å². The second-order valence-electron chi connectivity index (χ2n) is 8.19. The Morgan fingerprint density at radius 2 is 2.03 bits per heavy atom. The summed E-state index contributed by atoms with van der Waals surface area (Å²) in [5.74, 6) is -1.79. The summed E-state index contributed by atoms with van der Waals surface area (Å²) in [5.41, 5.74) is -3.54. The van der Waals surface area contributed by atoms with Crippen LogP contribution in [0, 0.1) is 0 Å². The largest absolute Gasteiger partial charge is 0.468 e. The van der Waals surface area contributed by atoms with Crippen LogP contribution in [0.4, 0.5) is 0 Å². The van der Waals surface area contributed by atoms with Crippen LogP contribution in [0.1, 0.15) is 33.9 Å². The average molecular weight is 540 g/mol. The molecule has 2 rings (SSSR count). The van der Waals surface area contributed by atoms with Gasteiger partial charge in [0.1, 0.15) is 29.6 Å². The predicted octanol–water partition coefficient (Wildman–Crippen LogP) is -0.493. The van der Waals surface area contributed by atoms with E-state index in [1.165, 1.54) is 13.8 Å². The number of hydrogen-bond acceptors (Lipinski definition) is 12. The van der Waals surface area contributed by atoms with Crippen LogP contribution in [0.25, 0.3) is 0 Å².